The van der Waals surface area contributed by atoms with Crippen molar-refractivity contribution in [3.63, 3.8) is 0 Å². The minimum absolute atomic E-state index is 0. The summed E-state index contributed by atoms with van der Waals surface area (Å²) in [6, 6.07) is 8.41. The molecule has 0 amide bonds. The van der Waals surface area contributed by atoms with E-state index in [9.17, 15) is 5.11 Å². The molecule has 1 aliphatic carbocycles. The van der Waals surface area contributed by atoms with Crippen molar-refractivity contribution < 1.29 is 52.5 Å². The van der Waals surface area contributed by atoms with Crippen molar-refractivity contribution in [1.82, 2.24) is 0 Å². The van der Waals surface area contributed by atoms with Crippen LogP contribution in [0.5, 0.6) is 23.0 Å². The maximum absolute atomic E-state index is 11.2. The maximum atomic E-state index is 11.2. The zero-order chi connectivity index (χ0) is 18.3. The highest BCUT2D eigenvalue weighted by molar-refractivity contribution is 5.57. The van der Waals surface area contributed by atoms with E-state index >= 15 is 0 Å². The molecule has 0 spiro atoms. The number of likely N-dealkylation sites (N-methyl/N-ethyl adjacent to an activating group) is 1. The van der Waals surface area contributed by atoms with Gasteiger partial charge in [0.25, 0.3) is 0 Å². The number of aliphatic hydroxyl groups is 1. The van der Waals surface area contributed by atoms with E-state index in [1.165, 1.54) is 16.7 Å². The van der Waals surface area contributed by atoms with Gasteiger partial charge in [-0.05, 0) is 35.7 Å². The molecule has 0 unspecified atom stereocenters. The molecule has 6 rings (SSSR count). The Bertz CT molecular complexity index is 976. The lowest BCUT2D eigenvalue weighted by Gasteiger charge is -2.50. The summed E-state index contributed by atoms with van der Waals surface area (Å²) in [5, 5.41) is 11.2. The SMILES string of the molecule is C[N+]1(C)Cc2c(ccc3c2OCO3)[C@@H]2[C@H]1c1cc3c(cc1C[C@@H]2O)OCO3.[I-]. The summed E-state index contributed by atoms with van der Waals surface area (Å²) in [7, 11) is 4.45. The molecule has 0 fully saturated rings. The molecule has 0 saturated carbocycles. The van der Waals surface area contributed by atoms with Gasteiger partial charge in [-0.2, -0.15) is 0 Å². The van der Waals surface area contributed by atoms with Gasteiger partial charge in [-0.15, -0.1) is 0 Å². The van der Waals surface area contributed by atoms with E-state index in [1.54, 1.807) is 0 Å². The van der Waals surface area contributed by atoms with E-state index in [0.29, 0.717) is 6.42 Å². The second-order valence-electron chi connectivity index (χ2n) is 8.45. The van der Waals surface area contributed by atoms with Crippen molar-refractivity contribution in [1.29, 1.82) is 0 Å². The van der Waals surface area contributed by atoms with Crippen LogP contribution in [0.4, 0.5) is 0 Å². The van der Waals surface area contributed by atoms with Crippen LogP contribution in [-0.4, -0.2) is 43.4 Å². The number of ether oxygens (including phenoxy) is 4. The number of rotatable bonds is 0. The summed E-state index contributed by atoms with van der Waals surface area (Å²) in [6.45, 7) is 1.35. The summed E-state index contributed by atoms with van der Waals surface area (Å²) in [5.41, 5.74) is 4.75. The van der Waals surface area contributed by atoms with Gasteiger partial charge < -0.3 is 52.5 Å². The van der Waals surface area contributed by atoms with E-state index in [2.05, 4.69) is 26.2 Å². The van der Waals surface area contributed by atoms with Gasteiger partial charge in [-0.3, -0.25) is 0 Å². The smallest absolute Gasteiger partial charge is 0.231 e. The van der Waals surface area contributed by atoms with Crippen LogP contribution in [0, 0.1) is 0 Å². The highest BCUT2D eigenvalue weighted by atomic mass is 127. The third kappa shape index (κ3) is 2.39. The van der Waals surface area contributed by atoms with Crippen LogP contribution in [0.3, 0.4) is 0 Å². The van der Waals surface area contributed by atoms with Gasteiger partial charge in [-0.25, -0.2) is 0 Å². The molecule has 28 heavy (non-hydrogen) atoms. The largest absolute Gasteiger partial charge is 1.00 e. The van der Waals surface area contributed by atoms with E-state index in [0.717, 1.165) is 39.6 Å². The topological polar surface area (TPSA) is 57.2 Å². The highest BCUT2D eigenvalue weighted by Crippen LogP contribution is 2.56. The molecule has 7 heteroatoms. The Morgan fingerprint density at radius 2 is 1.64 bits per heavy atom. The molecule has 2 aromatic rings. The average molecular weight is 495 g/mol. The predicted molar refractivity (Wildman–Crippen MR) is 96.1 cm³/mol. The molecule has 0 saturated heterocycles. The molecule has 0 aromatic heterocycles. The van der Waals surface area contributed by atoms with Gasteiger partial charge >= 0.3 is 0 Å². The van der Waals surface area contributed by atoms with Crippen molar-refractivity contribution in [3.8, 4) is 23.0 Å². The molecule has 3 heterocycles. The first kappa shape index (κ1) is 18.3. The number of halogens is 1. The molecule has 1 N–H and O–H groups in total. The van der Waals surface area contributed by atoms with Gasteiger partial charge in [0.2, 0.25) is 13.6 Å². The molecule has 2 aromatic carbocycles. The van der Waals surface area contributed by atoms with Gasteiger partial charge in [-0.1, -0.05) is 6.07 Å². The minimum atomic E-state index is -0.459. The van der Waals surface area contributed by atoms with Gasteiger partial charge in [0.15, 0.2) is 23.0 Å². The number of fused-ring (bicyclic) bond motifs is 8. The summed E-state index contributed by atoms with van der Waals surface area (Å²) in [4.78, 5) is 0. The Balaban J connectivity index is 0.00000171. The number of benzene rings is 2. The van der Waals surface area contributed by atoms with Gasteiger partial charge in [0, 0.05) is 5.56 Å². The lowest BCUT2D eigenvalue weighted by Crippen LogP contribution is -3.00. The van der Waals surface area contributed by atoms with Crippen LogP contribution in [-0.2, 0) is 13.0 Å². The third-order valence-electron chi connectivity index (χ3n) is 6.49. The predicted octanol–water partition coefficient (Wildman–Crippen LogP) is -0.520. The monoisotopic (exact) mass is 495 g/mol. The quantitative estimate of drug-likeness (QED) is 0.394. The molecule has 3 aliphatic heterocycles. The van der Waals surface area contributed by atoms with Crippen LogP contribution in [0.15, 0.2) is 24.3 Å². The zero-order valence-corrected chi connectivity index (χ0v) is 17.9. The van der Waals surface area contributed by atoms with E-state index in [4.69, 9.17) is 18.9 Å². The minimum Gasteiger partial charge on any atom is -1.00 e. The standard InChI is InChI=1S/C21H22NO5.HI/c1-22(2)8-14-12(3-4-16-21(14)27-10-24-16)19-15(23)5-11-6-17-18(26-9-25-17)7-13(11)20(19)22;/h3-4,6-7,15,19-20,23H,5,8-10H2,1-2H3;1H/q+1;/p-1/t15-,19-,20+;/m0./s1. The fourth-order valence-corrected chi connectivity index (χ4v) is 5.42. The number of hydrogen-bond donors (Lipinski definition) is 1. The Morgan fingerprint density at radius 3 is 2.46 bits per heavy atom. The third-order valence-corrected chi connectivity index (χ3v) is 6.49. The average Bonchev–Trinajstić information content (AvgIpc) is 3.27. The Morgan fingerprint density at radius 1 is 0.929 bits per heavy atom. The number of quaternary nitrogens is 1. The van der Waals surface area contributed by atoms with Crippen LogP contribution in [0.1, 0.15) is 34.2 Å². The van der Waals surface area contributed by atoms with Crippen LogP contribution in [0.2, 0.25) is 0 Å². The fourth-order valence-electron chi connectivity index (χ4n) is 5.42. The summed E-state index contributed by atoms with van der Waals surface area (Å²) < 4.78 is 23.3. The Kier molecular flexibility index (Phi) is 4.02. The normalized spacial score (nSPS) is 27.3. The Labute approximate surface area is 180 Å². The second-order valence-corrected chi connectivity index (χ2v) is 8.45. The van der Waals surface area contributed by atoms with Crippen molar-refractivity contribution in [2.75, 3.05) is 27.7 Å². The first-order chi connectivity index (χ1) is 13.0. The highest BCUT2D eigenvalue weighted by Gasteiger charge is 2.51. The lowest BCUT2D eigenvalue weighted by molar-refractivity contribution is -0.939. The fraction of sp³-hybridized carbons (Fsp3) is 0.429. The lowest BCUT2D eigenvalue weighted by atomic mass is 9.69. The number of hydrogen-bond acceptors (Lipinski definition) is 5. The van der Waals surface area contributed by atoms with Crippen molar-refractivity contribution in [2.45, 2.75) is 31.0 Å². The van der Waals surface area contributed by atoms with Crippen molar-refractivity contribution in [2.24, 2.45) is 0 Å². The molecule has 4 aliphatic rings. The molecule has 0 bridgehead atoms. The van der Waals surface area contributed by atoms with E-state index < -0.39 is 6.10 Å². The first-order valence-electron chi connectivity index (χ1n) is 9.37. The maximum Gasteiger partial charge on any atom is 0.231 e. The van der Waals surface area contributed by atoms with Gasteiger partial charge in [0.1, 0.15) is 12.6 Å². The number of aliphatic hydroxyl groups excluding tert-OH is 1. The van der Waals surface area contributed by atoms with E-state index in [-0.39, 0.29) is 49.5 Å². The van der Waals surface area contributed by atoms with E-state index in [1.807, 2.05) is 12.1 Å². The summed E-state index contributed by atoms with van der Waals surface area (Å²) in [6.07, 6.45) is 0.154. The first-order valence-corrected chi connectivity index (χ1v) is 9.37. The molecule has 0 radical (unpaired) electrons. The molecular formula is C21H22INO5. The summed E-state index contributed by atoms with van der Waals surface area (Å²) >= 11 is 0. The van der Waals surface area contributed by atoms with Crippen molar-refractivity contribution in [3.05, 3.63) is 46.5 Å². The van der Waals surface area contributed by atoms with Gasteiger partial charge in [0.05, 0.1) is 31.7 Å². The molecule has 148 valence electrons. The van der Waals surface area contributed by atoms with Crippen molar-refractivity contribution >= 4 is 0 Å². The molecule has 6 nitrogen and oxygen atoms in total. The van der Waals surface area contributed by atoms with Crippen LogP contribution in [0.25, 0.3) is 0 Å². The second kappa shape index (κ2) is 6.14. The number of nitrogens with zero attached hydrogens (tertiary/aromatic N) is 1. The summed E-state index contributed by atoms with van der Waals surface area (Å²) in [5.74, 6) is 3.25. The van der Waals surface area contributed by atoms with Crippen LogP contribution < -0.4 is 42.9 Å². The van der Waals surface area contributed by atoms with Crippen LogP contribution >= 0.6 is 0 Å². The molecule has 3 atom stereocenters. The Hall–Kier alpha value is -1.71. The molecular weight excluding hydrogens is 473 g/mol. The zero-order valence-electron chi connectivity index (χ0n) is 15.8.